The summed E-state index contributed by atoms with van der Waals surface area (Å²) in [5.41, 5.74) is 1.68. The minimum Gasteiger partial charge on any atom is -0.495 e. The lowest BCUT2D eigenvalue weighted by molar-refractivity contribution is -0.197. The fourth-order valence-corrected chi connectivity index (χ4v) is 12.0. The molecule has 6 amide bonds. The van der Waals surface area contributed by atoms with Crippen LogP contribution in [0, 0.1) is 5.92 Å². The summed E-state index contributed by atoms with van der Waals surface area (Å²) in [6.07, 6.45) is 3.50. The Bertz CT molecular complexity index is 2790. The van der Waals surface area contributed by atoms with Crippen molar-refractivity contribution < 1.29 is 76.7 Å². The average molecular weight is 1190 g/mol. The van der Waals surface area contributed by atoms with Crippen molar-refractivity contribution in [3.8, 4) is 11.5 Å². The number of benzene rings is 1. The van der Waals surface area contributed by atoms with Crippen LogP contribution in [-0.2, 0) is 63.8 Å². The highest BCUT2D eigenvalue weighted by Gasteiger charge is 2.64. The summed E-state index contributed by atoms with van der Waals surface area (Å²) in [6, 6.07) is 2.43. The lowest BCUT2D eigenvalue weighted by Gasteiger charge is -2.42. The molecule has 0 saturated carbocycles. The van der Waals surface area contributed by atoms with E-state index < -0.39 is 88.2 Å². The SMILES string of the molecule is COc1cc2cc(c1Cl)N(C)C(=O)C[C@H](OC(=O)[C@H](C)N(C)C(=O)CCSSC(C)(C)CC(=O)N/N=C(\C)c1ncc(OCCCC(=O)ON3C(=O)CCC3=O)cn1)[C@]1(C)O[C@H]1[C@H](C)[C@@H]1C[C@@](O)(NC(=O)O1)[C@H](OC)/C=C/C=C(\C)C2. The predicted molar refractivity (Wildman–Crippen MR) is 299 cm³/mol. The number of esters is 1. The number of hydrogen-bond acceptors (Lipinski definition) is 21. The second-order valence-corrected chi connectivity index (χ2v) is 24.5. The first-order chi connectivity index (χ1) is 38.2. The van der Waals surface area contributed by atoms with E-state index in [0.29, 0.717) is 40.1 Å². The zero-order valence-corrected chi connectivity index (χ0v) is 49.6. The third-order valence-electron chi connectivity index (χ3n) is 14.1. The molecule has 4 bridgehead atoms. The Morgan fingerprint density at radius 1 is 1.09 bits per heavy atom. The number of rotatable bonds is 20. The second-order valence-electron chi connectivity index (χ2n) is 21.0. The van der Waals surface area contributed by atoms with Crippen LogP contribution in [0.5, 0.6) is 11.5 Å². The van der Waals surface area contributed by atoms with Gasteiger partial charge >= 0.3 is 18.0 Å². The van der Waals surface area contributed by atoms with Crippen molar-refractivity contribution in [3.05, 3.63) is 64.7 Å². The number of imide groups is 1. The summed E-state index contributed by atoms with van der Waals surface area (Å²) in [4.78, 5) is 119. The van der Waals surface area contributed by atoms with Crippen molar-refractivity contribution >= 4 is 92.2 Å². The van der Waals surface area contributed by atoms with E-state index in [0.717, 1.165) is 11.1 Å². The van der Waals surface area contributed by atoms with E-state index in [1.165, 1.54) is 72.0 Å². The third kappa shape index (κ3) is 16.7. The van der Waals surface area contributed by atoms with E-state index >= 15 is 0 Å². The molecule has 0 unspecified atom stereocenters. The summed E-state index contributed by atoms with van der Waals surface area (Å²) in [5, 5.41) is 19.2. The number of fused-ring (bicyclic) bond motifs is 5. The van der Waals surface area contributed by atoms with Crippen LogP contribution in [0.15, 0.2) is 53.4 Å². The van der Waals surface area contributed by atoms with Gasteiger partial charge in [0.15, 0.2) is 17.3 Å². The van der Waals surface area contributed by atoms with E-state index in [4.69, 9.17) is 44.9 Å². The maximum atomic E-state index is 14.4. The molecule has 1 aromatic carbocycles. The molecule has 27 heteroatoms. The van der Waals surface area contributed by atoms with Crippen LogP contribution in [0.1, 0.15) is 111 Å². The Morgan fingerprint density at radius 3 is 2.44 bits per heavy atom. The van der Waals surface area contributed by atoms with Gasteiger partial charge in [0.05, 0.1) is 50.7 Å². The van der Waals surface area contributed by atoms with Gasteiger partial charge in [-0.3, -0.25) is 29.3 Å². The third-order valence-corrected chi connectivity index (χ3v) is 17.8. The molecule has 5 heterocycles. The zero-order valence-electron chi connectivity index (χ0n) is 47.2. The Kier molecular flexibility index (Phi) is 21.8. The van der Waals surface area contributed by atoms with Crippen molar-refractivity contribution in [2.75, 3.05) is 45.6 Å². The van der Waals surface area contributed by atoms with Gasteiger partial charge in [-0.1, -0.05) is 63.9 Å². The van der Waals surface area contributed by atoms with E-state index in [1.54, 1.807) is 52.1 Å². The van der Waals surface area contributed by atoms with Crippen LogP contribution >= 0.6 is 33.2 Å². The maximum Gasteiger partial charge on any atom is 0.409 e. The van der Waals surface area contributed by atoms with Crippen LogP contribution in [0.4, 0.5) is 10.5 Å². The van der Waals surface area contributed by atoms with Gasteiger partial charge in [-0.15, -0.1) is 5.06 Å². The topological polar surface area (TPSA) is 297 Å². The van der Waals surface area contributed by atoms with Gasteiger partial charge in [-0.2, -0.15) is 5.10 Å². The minimum absolute atomic E-state index is 0.00569. The van der Waals surface area contributed by atoms with Crippen molar-refractivity contribution in [3.63, 3.8) is 0 Å². The highest BCUT2D eigenvalue weighted by Crippen LogP contribution is 2.49. The smallest absolute Gasteiger partial charge is 0.409 e. The molecule has 3 fully saturated rings. The number of anilines is 1. The predicted octanol–water partition coefficient (Wildman–Crippen LogP) is 5.55. The molecule has 24 nitrogen and oxygen atoms in total. The number of hydroxylamine groups is 2. The normalized spacial score (nSPS) is 25.8. The summed E-state index contributed by atoms with van der Waals surface area (Å²) >= 11 is 6.83. The molecule has 0 radical (unpaired) electrons. The molecule has 3 N–H and O–H groups in total. The number of hydrogen-bond donors (Lipinski definition) is 3. The van der Waals surface area contributed by atoms with E-state index in [2.05, 4.69) is 25.8 Å². The Hall–Kier alpha value is -6.32. The van der Waals surface area contributed by atoms with Gasteiger partial charge in [0, 0.05) is 69.7 Å². The number of halogens is 1. The molecule has 0 aliphatic carbocycles. The van der Waals surface area contributed by atoms with Crippen LogP contribution in [0.2, 0.25) is 5.02 Å². The number of ether oxygens (including phenoxy) is 6. The van der Waals surface area contributed by atoms with Gasteiger partial charge in [-0.05, 0) is 72.1 Å². The molecule has 3 saturated heterocycles. The first-order valence-electron chi connectivity index (χ1n) is 26.2. The monoisotopic (exact) mass is 1190 g/mol. The molecule has 442 valence electrons. The molecular formula is C54H71ClN8O16S2. The summed E-state index contributed by atoms with van der Waals surface area (Å²) in [6.45, 7) is 12.3. The van der Waals surface area contributed by atoms with Crippen LogP contribution in [0.25, 0.3) is 0 Å². The summed E-state index contributed by atoms with van der Waals surface area (Å²) in [7, 11) is 8.70. The van der Waals surface area contributed by atoms with Crippen molar-refractivity contribution in [2.45, 2.75) is 153 Å². The van der Waals surface area contributed by atoms with E-state index in [-0.39, 0.29) is 80.6 Å². The number of aliphatic hydroxyl groups is 1. The number of likely N-dealkylation sites (N-methyl/N-ethyl adjacent to an activating group) is 1. The van der Waals surface area contributed by atoms with E-state index in [1.807, 2.05) is 26.8 Å². The van der Waals surface area contributed by atoms with Gasteiger partial charge in [0.1, 0.15) is 46.4 Å². The van der Waals surface area contributed by atoms with E-state index in [9.17, 15) is 43.5 Å². The largest absolute Gasteiger partial charge is 0.495 e. The van der Waals surface area contributed by atoms with Gasteiger partial charge in [0.25, 0.3) is 11.8 Å². The fourth-order valence-electron chi connectivity index (χ4n) is 9.17. The molecule has 6 rings (SSSR count). The molecule has 81 heavy (non-hydrogen) atoms. The standard InChI is InChI=1S/C54H71ClN8O16S2/c1-30-14-12-15-39(74-11)54(72)26-38(76-51(71)58-54)31(2)48-53(7,78-48)40(25-45(68)62(9)36-23-34(22-30)24-37(73-10)47(36)55)77-50(70)33(4)61(8)42(65)19-21-80-81-52(5,6)27-41(64)60-59-32(3)49-56-28-35(29-57-49)75-20-13-16-46(69)79-63-43(66)17-18-44(63)67/h12,14-15,23-24,28-29,31,33,38-40,48,72H,13,16-22,25-27H2,1-11H3,(H,58,71)(H,60,64)/b15-12+,30-14+,59-32+/t31-,33+,38+,39-,40+,48+,53+,54+/m1/s1. The fraction of sp³-hybridized carbons (Fsp3) is 0.574. The number of carbonyl (C=O) groups excluding carboxylic acids is 8. The lowest BCUT2D eigenvalue weighted by atomic mass is 9.83. The lowest BCUT2D eigenvalue weighted by Crippen LogP contribution is -2.63. The molecule has 4 aliphatic rings. The molecular weight excluding hydrogens is 1120 g/mol. The quantitative estimate of drug-likeness (QED) is 0.0278. The number of nitrogens with one attached hydrogen (secondary N) is 2. The highest BCUT2D eigenvalue weighted by atomic mass is 35.5. The van der Waals surface area contributed by atoms with Crippen molar-refractivity contribution in [1.29, 1.82) is 0 Å². The molecule has 4 aliphatic heterocycles. The van der Waals surface area contributed by atoms with Crippen LogP contribution in [0.3, 0.4) is 0 Å². The number of carbonyl (C=O) groups is 8. The first kappa shape index (κ1) is 63.9. The number of epoxide rings is 1. The minimum atomic E-state index is -1.88. The second kappa shape index (κ2) is 27.6. The van der Waals surface area contributed by atoms with Gasteiger partial charge in [-0.25, -0.2) is 29.8 Å². The zero-order chi connectivity index (χ0) is 59.6. The maximum absolute atomic E-state index is 14.4. The number of nitrogens with zero attached hydrogens (tertiary/aromatic N) is 6. The number of aromatic nitrogens is 2. The van der Waals surface area contributed by atoms with Crippen molar-refractivity contribution in [2.24, 2.45) is 11.0 Å². The molecule has 1 aromatic heterocycles. The first-order valence-corrected chi connectivity index (χ1v) is 28.9. The van der Waals surface area contributed by atoms with Crippen LogP contribution in [-0.4, -0.2) is 166 Å². The number of amides is 6. The van der Waals surface area contributed by atoms with Gasteiger partial charge in [0.2, 0.25) is 17.7 Å². The van der Waals surface area contributed by atoms with Crippen LogP contribution < -0.4 is 25.1 Å². The number of hydrazone groups is 1. The molecule has 8 atom stereocenters. The Morgan fingerprint density at radius 2 is 1.78 bits per heavy atom. The average Bonchev–Trinajstić information content (AvgIpc) is 4.01. The Labute approximate surface area is 483 Å². The number of methoxy groups -OCH3 is 2. The summed E-state index contributed by atoms with van der Waals surface area (Å²) < 4.78 is 34.5. The molecule has 2 aromatic rings. The molecule has 0 spiro atoms. The number of alkyl carbamates (subject to hydrolysis) is 1. The van der Waals surface area contributed by atoms with Gasteiger partial charge < -0.3 is 48.2 Å². The Balaban J connectivity index is 1.02. The van der Waals surface area contributed by atoms with Crippen molar-refractivity contribution in [1.82, 2.24) is 30.7 Å². The highest BCUT2D eigenvalue weighted by molar-refractivity contribution is 8.77. The number of allylic oxidation sites excluding steroid dienone is 3. The summed E-state index contributed by atoms with van der Waals surface area (Å²) in [5.74, 6) is -3.26.